The molecule has 1 aromatic carbocycles. The summed E-state index contributed by atoms with van der Waals surface area (Å²) in [7, 11) is 0. The van der Waals surface area contributed by atoms with E-state index in [0.717, 1.165) is 47.3 Å². The van der Waals surface area contributed by atoms with Crippen molar-refractivity contribution in [1.29, 1.82) is 0 Å². The first kappa shape index (κ1) is 15.4. The minimum Gasteiger partial charge on any atom is -0.316 e. The van der Waals surface area contributed by atoms with E-state index in [1.807, 2.05) is 30.3 Å². The van der Waals surface area contributed by atoms with Crippen molar-refractivity contribution in [3.8, 4) is 16.9 Å². The van der Waals surface area contributed by atoms with Gasteiger partial charge >= 0.3 is 0 Å². The molecule has 0 bridgehead atoms. The maximum atomic E-state index is 6.20. The Labute approximate surface area is 146 Å². The molecule has 0 amide bonds. The van der Waals surface area contributed by atoms with Gasteiger partial charge in [-0.15, -0.1) is 0 Å². The van der Waals surface area contributed by atoms with Gasteiger partial charge in [-0.2, -0.15) is 0 Å². The number of pyridine rings is 1. The van der Waals surface area contributed by atoms with Crippen LogP contribution in [0.2, 0.25) is 5.02 Å². The Morgan fingerprint density at radius 3 is 2.79 bits per heavy atom. The molecule has 0 radical (unpaired) electrons. The van der Waals surface area contributed by atoms with E-state index in [-0.39, 0.29) is 0 Å². The molecule has 1 aliphatic rings. The third-order valence-electron chi connectivity index (χ3n) is 4.46. The molecule has 0 spiro atoms. The second-order valence-corrected chi connectivity index (χ2v) is 6.55. The molecule has 2 aromatic heterocycles. The summed E-state index contributed by atoms with van der Waals surface area (Å²) in [5, 5.41) is 4.22. The average Bonchev–Trinajstić information content (AvgIpc) is 3.09. The molecule has 24 heavy (non-hydrogen) atoms. The summed E-state index contributed by atoms with van der Waals surface area (Å²) in [5.74, 6) is 1.50. The van der Waals surface area contributed by atoms with Gasteiger partial charge in [-0.25, -0.2) is 4.98 Å². The maximum Gasteiger partial charge on any atom is 0.118 e. The summed E-state index contributed by atoms with van der Waals surface area (Å²) in [4.78, 5) is 9.06. The molecule has 0 aliphatic carbocycles. The zero-order valence-electron chi connectivity index (χ0n) is 13.3. The van der Waals surface area contributed by atoms with Gasteiger partial charge in [0.25, 0.3) is 0 Å². The van der Waals surface area contributed by atoms with Crippen molar-refractivity contribution < 1.29 is 0 Å². The monoisotopic (exact) mass is 338 g/mol. The van der Waals surface area contributed by atoms with Gasteiger partial charge in [0.15, 0.2) is 0 Å². The van der Waals surface area contributed by atoms with Gasteiger partial charge in [0.2, 0.25) is 0 Å². The molecule has 3 aromatic rings. The zero-order chi connectivity index (χ0) is 16.4. The van der Waals surface area contributed by atoms with Crippen LogP contribution in [0.3, 0.4) is 0 Å². The van der Waals surface area contributed by atoms with Crippen LogP contribution in [-0.4, -0.2) is 27.6 Å². The number of hydrogen-bond donors (Lipinski definition) is 1. The SMILES string of the molecule is Clc1cccc(-n2cc(-c3ccncc3)nc2C2CCCNC2)c1. The fourth-order valence-corrected chi connectivity index (χ4v) is 3.43. The lowest BCUT2D eigenvalue weighted by Gasteiger charge is -2.23. The fourth-order valence-electron chi connectivity index (χ4n) is 3.25. The normalized spacial score (nSPS) is 17.8. The maximum absolute atomic E-state index is 6.20. The van der Waals surface area contributed by atoms with E-state index >= 15 is 0 Å². The highest BCUT2D eigenvalue weighted by atomic mass is 35.5. The van der Waals surface area contributed by atoms with Crippen LogP contribution in [0.15, 0.2) is 55.0 Å². The highest BCUT2D eigenvalue weighted by Gasteiger charge is 2.22. The van der Waals surface area contributed by atoms with Crippen LogP contribution >= 0.6 is 11.6 Å². The third-order valence-corrected chi connectivity index (χ3v) is 4.69. The standard InChI is InChI=1S/C19H19ClN4/c20-16-4-1-5-17(11-16)24-13-18(14-6-9-21-10-7-14)23-19(24)15-3-2-8-22-12-15/h1,4-7,9-11,13,15,22H,2-3,8,12H2. The molecule has 1 fully saturated rings. The van der Waals surface area contributed by atoms with Crippen LogP contribution in [-0.2, 0) is 0 Å². The zero-order valence-corrected chi connectivity index (χ0v) is 14.1. The Bertz CT molecular complexity index is 822. The number of halogens is 1. The Morgan fingerprint density at radius 1 is 1.17 bits per heavy atom. The molecule has 1 N–H and O–H groups in total. The van der Waals surface area contributed by atoms with Crippen molar-refractivity contribution in [1.82, 2.24) is 19.9 Å². The van der Waals surface area contributed by atoms with Crippen molar-refractivity contribution in [2.45, 2.75) is 18.8 Å². The largest absolute Gasteiger partial charge is 0.316 e. The third kappa shape index (κ3) is 3.07. The van der Waals surface area contributed by atoms with E-state index < -0.39 is 0 Å². The van der Waals surface area contributed by atoms with E-state index in [2.05, 4.69) is 27.1 Å². The lowest BCUT2D eigenvalue weighted by Crippen LogP contribution is -2.29. The topological polar surface area (TPSA) is 42.7 Å². The second kappa shape index (κ2) is 6.75. The van der Waals surface area contributed by atoms with Crippen molar-refractivity contribution in [2.24, 2.45) is 0 Å². The molecule has 1 saturated heterocycles. The number of aromatic nitrogens is 3. The van der Waals surface area contributed by atoms with Gasteiger partial charge in [0.05, 0.1) is 5.69 Å². The lowest BCUT2D eigenvalue weighted by molar-refractivity contribution is 0.443. The van der Waals surface area contributed by atoms with E-state index in [4.69, 9.17) is 16.6 Å². The highest BCUT2D eigenvalue weighted by molar-refractivity contribution is 6.30. The Hall–Kier alpha value is -2.17. The average molecular weight is 339 g/mol. The molecule has 4 nitrogen and oxygen atoms in total. The summed E-state index contributed by atoms with van der Waals surface area (Å²) in [5.41, 5.74) is 3.10. The van der Waals surface area contributed by atoms with E-state index in [1.54, 1.807) is 12.4 Å². The lowest BCUT2D eigenvalue weighted by atomic mass is 9.99. The molecular weight excluding hydrogens is 320 g/mol. The summed E-state index contributed by atoms with van der Waals surface area (Å²) in [6.07, 6.45) is 8.04. The number of benzene rings is 1. The minimum absolute atomic E-state index is 0.410. The summed E-state index contributed by atoms with van der Waals surface area (Å²) in [6, 6.07) is 11.9. The van der Waals surface area contributed by atoms with Gasteiger partial charge in [0.1, 0.15) is 5.82 Å². The van der Waals surface area contributed by atoms with Crippen LogP contribution in [0.4, 0.5) is 0 Å². The van der Waals surface area contributed by atoms with Crippen LogP contribution in [0.1, 0.15) is 24.6 Å². The van der Waals surface area contributed by atoms with Gasteiger partial charge < -0.3 is 9.88 Å². The Balaban J connectivity index is 1.82. The number of imidazole rings is 1. The number of rotatable bonds is 3. The molecule has 3 heterocycles. The molecule has 5 heteroatoms. The van der Waals surface area contributed by atoms with Crippen LogP contribution in [0, 0.1) is 0 Å². The Kier molecular flexibility index (Phi) is 4.32. The fraction of sp³-hybridized carbons (Fsp3) is 0.263. The first-order chi connectivity index (χ1) is 11.8. The van der Waals surface area contributed by atoms with E-state index in [9.17, 15) is 0 Å². The summed E-state index contributed by atoms with van der Waals surface area (Å²) in [6.45, 7) is 2.05. The van der Waals surface area contributed by atoms with E-state index in [1.165, 1.54) is 6.42 Å². The van der Waals surface area contributed by atoms with Crippen LogP contribution < -0.4 is 5.32 Å². The van der Waals surface area contributed by atoms with Crippen molar-refractivity contribution >= 4 is 11.6 Å². The van der Waals surface area contributed by atoms with Crippen LogP contribution in [0.25, 0.3) is 16.9 Å². The predicted octanol–water partition coefficient (Wildman–Crippen LogP) is 4.05. The summed E-state index contributed by atoms with van der Waals surface area (Å²) < 4.78 is 2.18. The smallest absolute Gasteiger partial charge is 0.118 e. The molecular formula is C19H19ClN4. The molecule has 0 saturated carbocycles. The molecule has 1 aliphatic heterocycles. The number of nitrogens with zero attached hydrogens (tertiary/aromatic N) is 3. The van der Waals surface area contributed by atoms with Gasteiger partial charge in [-0.3, -0.25) is 4.98 Å². The van der Waals surface area contributed by atoms with Gasteiger partial charge in [-0.05, 0) is 49.7 Å². The van der Waals surface area contributed by atoms with E-state index in [0.29, 0.717) is 5.92 Å². The van der Waals surface area contributed by atoms with Crippen molar-refractivity contribution in [2.75, 3.05) is 13.1 Å². The molecule has 122 valence electrons. The van der Waals surface area contributed by atoms with Gasteiger partial charge in [-0.1, -0.05) is 17.7 Å². The molecule has 1 unspecified atom stereocenters. The van der Waals surface area contributed by atoms with Crippen LogP contribution in [0.5, 0.6) is 0 Å². The first-order valence-corrected chi connectivity index (χ1v) is 8.65. The Morgan fingerprint density at radius 2 is 2.04 bits per heavy atom. The number of piperidine rings is 1. The number of nitrogens with one attached hydrogen (secondary N) is 1. The minimum atomic E-state index is 0.410. The highest BCUT2D eigenvalue weighted by Crippen LogP contribution is 2.29. The molecule has 1 atom stereocenters. The van der Waals surface area contributed by atoms with Crippen molar-refractivity contribution in [3.05, 3.63) is 65.8 Å². The quantitative estimate of drug-likeness (QED) is 0.783. The molecule has 4 rings (SSSR count). The summed E-state index contributed by atoms with van der Waals surface area (Å²) >= 11 is 6.20. The van der Waals surface area contributed by atoms with Crippen molar-refractivity contribution in [3.63, 3.8) is 0 Å². The second-order valence-electron chi connectivity index (χ2n) is 6.11. The first-order valence-electron chi connectivity index (χ1n) is 8.27. The van der Waals surface area contributed by atoms with Gasteiger partial charge in [0, 0.05) is 47.3 Å². The predicted molar refractivity (Wildman–Crippen MR) is 96.6 cm³/mol. The number of hydrogen-bond acceptors (Lipinski definition) is 3.